The summed E-state index contributed by atoms with van der Waals surface area (Å²) in [5, 5.41) is 9.08. The Bertz CT molecular complexity index is 281. The van der Waals surface area contributed by atoms with Crippen molar-refractivity contribution in [2.45, 2.75) is 33.6 Å². The van der Waals surface area contributed by atoms with Crippen molar-refractivity contribution >= 4 is 5.91 Å². The summed E-state index contributed by atoms with van der Waals surface area (Å²) in [7, 11) is 3.98. The van der Waals surface area contributed by atoms with Crippen molar-refractivity contribution in [3.05, 3.63) is 0 Å². The fourth-order valence-corrected chi connectivity index (χ4v) is 1.81. The second kappa shape index (κ2) is 8.93. The van der Waals surface area contributed by atoms with Gasteiger partial charge in [-0.3, -0.25) is 4.79 Å². The summed E-state index contributed by atoms with van der Waals surface area (Å²) in [6.45, 7) is 8.46. The molecule has 0 aromatic rings. The molecule has 18 heavy (non-hydrogen) atoms. The number of hydrogen-bond donors (Lipinski definition) is 0. The largest absolute Gasteiger partial charge is 0.340 e. The first kappa shape index (κ1) is 16.9. The van der Waals surface area contributed by atoms with Gasteiger partial charge in [-0.05, 0) is 26.4 Å². The smallest absolute Gasteiger partial charge is 0.239 e. The van der Waals surface area contributed by atoms with Crippen molar-refractivity contribution < 1.29 is 4.79 Å². The molecular formula is C14H27N3O. The second-order valence-electron chi connectivity index (χ2n) is 5.45. The van der Waals surface area contributed by atoms with Crippen molar-refractivity contribution in [2.24, 2.45) is 11.8 Å². The van der Waals surface area contributed by atoms with Gasteiger partial charge >= 0.3 is 0 Å². The van der Waals surface area contributed by atoms with E-state index in [1.165, 1.54) is 0 Å². The number of likely N-dealkylation sites (N-methyl/N-ethyl adjacent to an activating group) is 1. The Balaban J connectivity index is 4.61. The lowest BCUT2D eigenvalue weighted by Gasteiger charge is -2.27. The zero-order chi connectivity index (χ0) is 14.1. The molecule has 0 aliphatic carbocycles. The molecule has 0 spiro atoms. The van der Waals surface area contributed by atoms with E-state index in [0.717, 1.165) is 19.5 Å². The van der Waals surface area contributed by atoms with Crippen LogP contribution >= 0.6 is 0 Å². The van der Waals surface area contributed by atoms with Crippen LogP contribution in [0.2, 0.25) is 0 Å². The molecule has 0 N–H and O–H groups in total. The van der Waals surface area contributed by atoms with Gasteiger partial charge < -0.3 is 9.80 Å². The maximum absolute atomic E-state index is 12.3. The summed E-state index contributed by atoms with van der Waals surface area (Å²) in [5.74, 6) is -0.0529. The van der Waals surface area contributed by atoms with Crippen LogP contribution in [-0.4, -0.2) is 49.4 Å². The Morgan fingerprint density at radius 2 is 1.89 bits per heavy atom. The molecular weight excluding hydrogens is 226 g/mol. The second-order valence-corrected chi connectivity index (χ2v) is 5.45. The van der Waals surface area contributed by atoms with Crippen molar-refractivity contribution in [1.29, 1.82) is 5.26 Å². The van der Waals surface area contributed by atoms with E-state index in [1.54, 1.807) is 0 Å². The number of nitrogens with zero attached hydrogens (tertiary/aromatic N) is 3. The number of rotatable bonds is 8. The molecule has 0 aliphatic rings. The highest BCUT2D eigenvalue weighted by Gasteiger charge is 2.23. The van der Waals surface area contributed by atoms with Crippen LogP contribution in [0, 0.1) is 23.2 Å². The molecule has 104 valence electrons. The molecule has 0 bridgehead atoms. The van der Waals surface area contributed by atoms with Crippen LogP contribution in [0.15, 0.2) is 0 Å². The average Bonchev–Trinajstić information content (AvgIpc) is 2.30. The Morgan fingerprint density at radius 1 is 1.28 bits per heavy atom. The van der Waals surface area contributed by atoms with Gasteiger partial charge in [0, 0.05) is 19.6 Å². The summed E-state index contributed by atoms with van der Waals surface area (Å²) in [4.78, 5) is 16.2. The zero-order valence-electron chi connectivity index (χ0n) is 12.4. The third-order valence-electron chi connectivity index (χ3n) is 2.75. The summed E-state index contributed by atoms with van der Waals surface area (Å²) >= 11 is 0. The minimum Gasteiger partial charge on any atom is -0.340 e. The Morgan fingerprint density at radius 3 is 2.28 bits per heavy atom. The SMILES string of the molecule is CCCC(C#N)C(=O)N(CCN(C)C)CC(C)C. The van der Waals surface area contributed by atoms with Crippen LogP contribution in [-0.2, 0) is 4.79 Å². The molecule has 0 aliphatic heterocycles. The summed E-state index contributed by atoms with van der Waals surface area (Å²) in [6.07, 6.45) is 1.53. The van der Waals surface area contributed by atoms with E-state index in [9.17, 15) is 4.79 Å². The van der Waals surface area contributed by atoms with Gasteiger partial charge in [0.1, 0.15) is 5.92 Å². The lowest BCUT2D eigenvalue weighted by Crippen LogP contribution is -2.41. The van der Waals surface area contributed by atoms with Crippen LogP contribution in [0.1, 0.15) is 33.6 Å². The van der Waals surface area contributed by atoms with Crippen molar-refractivity contribution in [3.63, 3.8) is 0 Å². The first-order valence-corrected chi connectivity index (χ1v) is 6.75. The van der Waals surface area contributed by atoms with E-state index >= 15 is 0 Å². The van der Waals surface area contributed by atoms with E-state index in [1.807, 2.05) is 25.9 Å². The third-order valence-corrected chi connectivity index (χ3v) is 2.75. The predicted octanol–water partition coefficient (Wildman–Crippen LogP) is 1.97. The Kier molecular flexibility index (Phi) is 8.40. The maximum Gasteiger partial charge on any atom is 0.239 e. The zero-order valence-corrected chi connectivity index (χ0v) is 12.4. The Hall–Kier alpha value is -1.08. The normalized spacial score (nSPS) is 12.6. The molecule has 0 saturated carbocycles. The first-order valence-electron chi connectivity index (χ1n) is 6.75. The molecule has 0 rings (SSSR count). The summed E-state index contributed by atoms with van der Waals surface area (Å²) < 4.78 is 0. The van der Waals surface area contributed by atoms with Gasteiger partial charge in [0.2, 0.25) is 5.91 Å². The summed E-state index contributed by atoms with van der Waals surface area (Å²) in [5.41, 5.74) is 0. The van der Waals surface area contributed by atoms with Crippen LogP contribution in [0.25, 0.3) is 0 Å². The summed E-state index contributed by atoms with van der Waals surface area (Å²) in [6, 6.07) is 2.14. The van der Waals surface area contributed by atoms with Crippen LogP contribution in [0.4, 0.5) is 0 Å². The fourth-order valence-electron chi connectivity index (χ4n) is 1.81. The van der Waals surface area contributed by atoms with Crippen LogP contribution in [0.5, 0.6) is 0 Å². The van der Waals surface area contributed by atoms with Gasteiger partial charge in [-0.2, -0.15) is 5.26 Å². The molecule has 0 saturated heterocycles. The maximum atomic E-state index is 12.3. The number of hydrogen-bond acceptors (Lipinski definition) is 3. The molecule has 1 atom stereocenters. The van der Waals surface area contributed by atoms with Crippen molar-refractivity contribution in [2.75, 3.05) is 33.7 Å². The lowest BCUT2D eigenvalue weighted by molar-refractivity contribution is -0.134. The molecule has 0 radical (unpaired) electrons. The highest BCUT2D eigenvalue weighted by molar-refractivity contribution is 5.81. The highest BCUT2D eigenvalue weighted by Crippen LogP contribution is 2.11. The topological polar surface area (TPSA) is 47.3 Å². The van der Waals surface area contributed by atoms with Crippen LogP contribution < -0.4 is 0 Å². The average molecular weight is 253 g/mol. The molecule has 0 heterocycles. The van der Waals surface area contributed by atoms with Gasteiger partial charge in [0.15, 0.2) is 0 Å². The monoisotopic (exact) mass is 253 g/mol. The van der Waals surface area contributed by atoms with Crippen molar-refractivity contribution in [3.8, 4) is 6.07 Å². The number of carbonyl (C=O) groups excluding carboxylic acids is 1. The van der Waals surface area contributed by atoms with Gasteiger partial charge in [-0.25, -0.2) is 0 Å². The van der Waals surface area contributed by atoms with Gasteiger partial charge in [-0.15, -0.1) is 0 Å². The lowest BCUT2D eigenvalue weighted by atomic mass is 10.0. The predicted molar refractivity (Wildman–Crippen MR) is 74.0 cm³/mol. The minimum absolute atomic E-state index is 0.00472. The molecule has 4 nitrogen and oxygen atoms in total. The first-order chi connectivity index (χ1) is 8.42. The highest BCUT2D eigenvalue weighted by atomic mass is 16.2. The van der Waals surface area contributed by atoms with E-state index in [2.05, 4.69) is 24.8 Å². The van der Waals surface area contributed by atoms with Crippen LogP contribution in [0.3, 0.4) is 0 Å². The quantitative estimate of drug-likeness (QED) is 0.664. The molecule has 4 heteroatoms. The van der Waals surface area contributed by atoms with Crippen molar-refractivity contribution in [1.82, 2.24) is 9.80 Å². The standard InChI is InChI=1S/C14H27N3O/c1-6-7-13(10-15)14(18)17(11-12(2)3)9-8-16(4)5/h12-13H,6-9,11H2,1-5H3. The van der Waals surface area contributed by atoms with Gasteiger partial charge in [-0.1, -0.05) is 27.2 Å². The molecule has 0 aromatic heterocycles. The Labute approximate surface area is 112 Å². The number of carbonyl (C=O) groups is 1. The molecule has 1 unspecified atom stereocenters. The molecule has 0 fully saturated rings. The van der Waals surface area contributed by atoms with E-state index in [-0.39, 0.29) is 5.91 Å². The molecule has 1 amide bonds. The number of nitriles is 1. The molecule has 0 aromatic carbocycles. The van der Waals surface area contributed by atoms with E-state index in [4.69, 9.17) is 5.26 Å². The van der Waals surface area contributed by atoms with E-state index in [0.29, 0.717) is 18.9 Å². The van der Waals surface area contributed by atoms with Gasteiger partial charge in [0.25, 0.3) is 0 Å². The van der Waals surface area contributed by atoms with Gasteiger partial charge in [0.05, 0.1) is 6.07 Å². The third kappa shape index (κ3) is 6.61. The number of amides is 1. The van der Waals surface area contributed by atoms with E-state index < -0.39 is 5.92 Å². The fraction of sp³-hybridized carbons (Fsp3) is 0.857. The minimum atomic E-state index is -0.476.